The number of ether oxygens (including phenoxy) is 3. The van der Waals surface area contributed by atoms with E-state index in [-0.39, 0.29) is 16.9 Å². The first kappa shape index (κ1) is 17.7. The highest BCUT2D eigenvalue weighted by Gasteiger charge is 2.18. The second kappa shape index (κ2) is 8.18. The third kappa shape index (κ3) is 4.59. The van der Waals surface area contributed by atoms with Crippen LogP contribution in [0.3, 0.4) is 0 Å². The van der Waals surface area contributed by atoms with Crippen molar-refractivity contribution in [2.24, 2.45) is 0 Å². The van der Waals surface area contributed by atoms with Gasteiger partial charge in [0.25, 0.3) is 0 Å². The van der Waals surface area contributed by atoms with Gasteiger partial charge in [-0.15, -0.1) is 0 Å². The number of carbonyl (C=O) groups excluding carboxylic acids is 3. The van der Waals surface area contributed by atoms with Crippen LogP contribution in [-0.4, -0.2) is 39.2 Å². The van der Waals surface area contributed by atoms with E-state index in [1.54, 1.807) is 12.1 Å². The average molecular weight is 372 g/mol. The van der Waals surface area contributed by atoms with E-state index >= 15 is 0 Å². The molecule has 0 aliphatic heterocycles. The number of esters is 3. The molecule has 0 heterocycles. The summed E-state index contributed by atoms with van der Waals surface area (Å²) in [6.45, 7) is 0. The summed E-state index contributed by atoms with van der Waals surface area (Å²) < 4.78 is 14.4. The Kier molecular flexibility index (Phi) is 6.58. The molecule has 0 fully saturated rings. The van der Waals surface area contributed by atoms with E-state index in [4.69, 9.17) is 0 Å². The van der Waals surface area contributed by atoms with Gasteiger partial charge in [0.2, 0.25) is 0 Å². The van der Waals surface area contributed by atoms with Gasteiger partial charge in [0.1, 0.15) is 5.70 Å². The summed E-state index contributed by atoms with van der Waals surface area (Å²) in [5.41, 5.74) is 0.268. The van der Waals surface area contributed by atoms with Crippen molar-refractivity contribution in [3.8, 4) is 0 Å². The molecule has 0 aliphatic rings. The van der Waals surface area contributed by atoms with Crippen LogP contribution in [0.4, 0.5) is 5.69 Å². The zero-order valence-electron chi connectivity index (χ0n) is 12.1. The van der Waals surface area contributed by atoms with Crippen molar-refractivity contribution in [1.82, 2.24) is 0 Å². The van der Waals surface area contributed by atoms with Crippen LogP contribution in [0.5, 0.6) is 0 Å². The van der Waals surface area contributed by atoms with Crippen LogP contribution in [0.15, 0.2) is 34.4 Å². The fourth-order valence-corrected chi connectivity index (χ4v) is 1.85. The minimum absolute atomic E-state index is 0.183. The predicted molar refractivity (Wildman–Crippen MR) is 81.2 cm³/mol. The summed E-state index contributed by atoms with van der Waals surface area (Å²) in [6, 6.07) is 4.70. The molecular weight excluding hydrogens is 358 g/mol. The Morgan fingerprint density at radius 3 is 2.32 bits per heavy atom. The van der Waals surface area contributed by atoms with Crippen molar-refractivity contribution in [2.75, 3.05) is 26.6 Å². The number of benzene rings is 1. The molecular formula is C14H14BrNO6. The van der Waals surface area contributed by atoms with Crippen LogP contribution in [0.25, 0.3) is 0 Å². The van der Waals surface area contributed by atoms with Gasteiger partial charge >= 0.3 is 17.9 Å². The SMILES string of the molecule is COC(=O)/C=C(/Nc1cc(Br)ccc1C(=O)OC)C(=O)OC. The number of carbonyl (C=O) groups is 3. The summed E-state index contributed by atoms with van der Waals surface area (Å²) in [6.07, 6.45) is 0.924. The summed E-state index contributed by atoms with van der Waals surface area (Å²) in [7, 11) is 3.57. The molecule has 1 aromatic carbocycles. The Balaban J connectivity index is 3.26. The quantitative estimate of drug-likeness (QED) is 0.479. The fraction of sp³-hybridized carbons (Fsp3) is 0.214. The van der Waals surface area contributed by atoms with E-state index in [1.807, 2.05) is 0 Å². The maximum atomic E-state index is 11.7. The number of methoxy groups -OCH3 is 3. The maximum absolute atomic E-state index is 11.7. The Morgan fingerprint density at radius 1 is 1.09 bits per heavy atom. The molecule has 118 valence electrons. The van der Waals surface area contributed by atoms with Gasteiger partial charge in [-0.1, -0.05) is 15.9 Å². The lowest BCUT2D eigenvalue weighted by molar-refractivity contribution is -0.138. The lowest BCUT2D eigenvalue weighted by atomic mass is 10.1. The van der Waals surface area contributed by atoms with Crippen LogP contribution in [0, 0.1) is 0 Å². The van der Waals surface area contributed by atoms with Crippen LogP contribution < -0.4 is 5.32 Å². The minimum atomic E-state index is -0.791. The van der Waals surface area contributed by atoms with E-state index in [0.717, 1.165) is 13.2 Å². The second-order valence-corrected chi connectivity index (χ2v) is 4.79. The molecule has 8 heteroatoms. The molecule has 0 saturated carbocycles. The topological polar surface area (TPSA) is 90.9 Å². The number of hydrogen-bond donors (Lipinski definition) is 1. The molecule has 0 amide bonds. The predicted octanol–water partition coefficient (Wildman–Crippen LogP) is 1.88. The fourth-order valence-electron chi connectivity index (χ4n) is 1.49. The van der Waals surface area contributed by atoms with Crippen molar-refractivity contribution in [3.05, 3.63) is 40.0 Å². The molecule has 0 aromatic heterocycles. The third-order valence-corrected chi connectivity index (χ3v) is 3.02. The van der Waals surface area contributed by atoms with Crippen molar-refractivity contribution >= 4 is 39.5 Å². The van der Waals surface area contributed by atoms with Gasteiger partial charge in [0.15, 0.2) is 0 Å². The zero-order valence-corrected chi connectivity index (χ0v) is 13.7. The van der Waals surface area contributed by atoms with E-state index in [1.165, 1.54) is 20.3 Å². The molecule has 0 saturated heterocycles. The van der Waals surface area contributed by atoms with Gasteiger partial charge in [-0.2, -0.15) is 0 Å². The molecule has 7 nitrogen and oxygen atoms in total. The molecule has 22 heavy (non-hydrogen) atoms. The highest BCUT2D eigenvalue weighted by atomic mass is 79.9. The number of hydrogen-bond acceptors (Lipinski definition) is 7. The standard InChI is InChI=1S/C14H14BrNO6/c1-20-12(17)7-11(14(19)22-3)16-10-6-8(15)4-5-9(10)13(18)21-2/h4-7,16H,1-3H3/b11-7+. The molecule has 1 N–H and O–H groups in total. The van der Waals surface area contributed by atoms with Gasteiger partial charge in [0.05, 0.1) is 38.7 Å². The summed E-state index contributed by atoms with van der Waals surface area (Å²) in [5.74, 6) is -2.14. The van der Waals surface area contributed by atoms with Crippen molar-refractivity contribution in [3.63, 3.8) is 0 Å². The van der Waals surface area contributed by atoms with Gasteiger partial charge in [-0.05, 0) is 18.2 Å². The molecule has 0 spiro atoms. The first-order valence-electron chi connectivity index (χ1n) is 5.95. The molecule has 1 aromatic rings. The monoisotopic (exact) mass is 371 g/mol. The van der Waals surface area contributed by atoms with Crippen molar-refractivity contribution < 1.29 is 28.6 Å². The molecule has 0 bridgehead atoms. The van der Waals surface area contributed by atoms with Gasteiger partial charge in [-0.3, -0.25) is 0 Å². The normalized spacial score (nSPS) is 10.6. The van der Waals surface area contributed by atoms with E-state index < -0.39 is 17.9 Å². The van der Waals surface area contributed by atoms with E-state index in [2.05, 4.69) is 35.5 Å². The molecule has 0 aliphatic carbocycles. The van der Waals surface area contributed by atoms with E-state index in [0.29, 0.717) is 4.47 Å². The van der Waals surface area contributed by atoms with Crippen LogP contribution in [0.2, 0.25) is 0 Å². The first-order valence-corrected chi connectivity index (χ1v) is 6.75. The minimum Gasteiger partial charge on any atom is -0.466 e. The Hall–Kier alpha value is -2.35. The largest absolute Gasteiger partial charge is 0.466 e. The van der Waals surface area contributed by atoms with Gasteiger partial charge < -0.3 is 19.5 Å². The van der Waals surface area contributed by atoms with Crippen LogP contribution in [0.1, 0.15) is 10.4 Å². The van der Waals surface area contributed by atoms with Crippen LogP contribution >= 0.6 is 15.9 Å². The molecule has 0 unspecified atom stereocenters. The summed E-state index contributed by atoms with van der Waals surface area (Å²) in [4.78, 5) is 34.8. The smallest absolute Gasteiger partial charge is 0.354 e. The highest BCUT2D eigenvalue weighted by Crippen LogP contribution is 2.24. The average Bonchev–Trinajstić information content (AvgIpc) is 2.52. The Morgan fingerprint density at radius 2 is 1.77 bits per heavy atom. The first-order chi connectivity index (χ1) is 10.4. The lowest BCUT2D eigenvalue weighted by Crippen LogP contribution is -2.17. The Labute approximate surface area is 135 Å². The summed E-state index contributed by atoms with van der Waals surface area (Å²) in [5, 5.41) is 2.67. The van der Waals surface area contributed by atoms with Crippen molar-refractivity contribution in [2.45, 2.75) is 0 Å². The second-order valence-electron chi connectivity index (χ2n) is 3.88. The summed E-state index contributed by atoms with van der Waals surface area (Å²) >= 11 is 3.26. The molecule has 0 atom stereocenters. The number of rotatable bonds is 5. The van der Waals surface area contributed by atoms with Crippen LogP contribution in [-0.2, 0) is 23.8 Å². The van der Waals surface area contributed by atoms with Gasteiger partial charge in [-0.25, -0.2) is 14.4 Å². The maximum Gasteiger partial charge on any atom is 0.354 e. The third-order valence-electron chi connectivity index (χ3n) is 2.52. The number of nitrogens with one attached hydrogen (secondary N) is 1. The lowest BCUT2D eigenvalue weighted by Gasteiger charge is -2.12. The van der Waals surface area contributed by atoms with Crippen molar-refractivity contribution in [1.29, 1.82) is 0 Å². The van der Waals surface area contributed by atoms with Gasteiger partial charge in [0, 0.05) is 4.47 Å². The highest BCUT2D eigenvalue weighted by molar-refractivity contribution is 9.10. The Bertz CT molecular complexity index is 626. The zero-order chi connectivity index (χ0) is 16.7. The molecule has 1 rings (SSSR count). The van der Waals surface area contributed by atoms with E-state index in [9.17, 15) is 14.4 Å². The molecule has 0 radical (unpaired) electrons. The number of anilines is 1. The number of halogens is 1.